The second-order valence-corrected chi connectivity index (χ2v) is 10.2. The molecule has 1 saturated carbocycles. The molecule has 1 fully saturated rings. The van der Waals surface area contributed by atoms with E-state index in [0.29, 0.717) is 22.0 Å². The Bertz CT molecular complexity index is 1030. The summed E-state index contributed by atoms with van der Waals surface area (Å²) in [6.07, 6.45) is 6.39. The lowest BCUT2D eigenvalue weighted by Crippen LogP contribution is -2.27. The van der Waals surface area contributed by atoms with E-state index in [1.165, 1.54) is 12.8 Å². The van der Waals surface area contributed by atoms with Crippen LogP contribution in [0.5, 0.6) is 0 Å². The van der Waals surface area contributed by atoms with E-state index in [2.05, 4.69) is 47.9 Å². The normalized spacial score (nSPS) is 19.8. The van der Waals surface area contributed by atoms with Gasteiger partial charge in [0.2, 0.25) is 11.9 Å². The highest BCUT2D eigenvalue weighted by Gasteiger charge is 2.26. The van der Waals surface area contributed by atoms with Crippen LogP contribution in [0.1, 0.15) is 59.4 Å². The van der Waals surface area contributed by atoms with E-state index in [1.807, 2.05) is 12.1 Å². The molecular formula is C22H28Cl2N6. The molecule has 0 atom stereocenters. The van der Waals surface area contributed by atoms with Gasteiger partial charge in [0.1, 0.15) is 5.52 Å². The maximum Gasteiger partial charge on any atom is 0.225 e. The van der Waals surface area contributed by atoms with Crippen LogP contribution in [-0.4, -0.2) is 25.1 Å². The number of nitrogens with one attached hydrogen (secondary N) is 2. The number of aromatic nitrogens is 4. The quantitative estimate of drug-likeness (QED) is 0.458. The predicted octanol–water partition coefficient (Wildman–Crippen LogP) is 6.84. The van der Waals surface area contributed by atoms with E-state index in [0.717, 1.165) is 41.6 Å². The van der Waals surface area contributed by atoms with Crippen molar-refractivity contribution in [2.75, 3.05) is 10.6 Å². The Balaban J connectivity index is 1.78. The van der Waals surface area contributed by atoms with Crippen molar-refractivity contribution in [3.8, 4) is 0 Å². The van der Waals surface area contributed by atoms with E-state index >= 15 is 0 Å². The minimum atomic E-state index is -0.128. The molecule has 0 amide bonds. The Kier molecular flexibility index (Phi) is 5.82. The van der Waals surface area contributed by atoms with Crippen molar-refractivity contribution in [2.24, 2.45) is 5.92 Å². The van der Waals surface area contributed by atoms with Gasteiger partial charge in [-0.15, -0.1) is 0 Å². The summed E-state index contributed by atoms with van der Waals surface area (Å²) in [6, 6.07) is 5.74. The molecule has 0 spiro atoms. The van der Waals surface area contributed by atoms with E-state index in [1.54, 1.807) is 12.3 Å². The number of benzene rings is 1. The van der Waals surface area contributed by atoms with Crippen LogP contribution < -0.4 is 10.6 Å². The van der Waals surface area contributed by atoms with Crippen LogP contribution in [0.25, 0.3) is 11.2 Å². The average molecular weight is 447 g/mol. The lowest BCUT2D eigenvalue weighted by molar-refractivity contribution is 0.295. The SMILES string of the molecule is CC(C)(C)Nc1ncc2nc(Nc3cc(Cl)cc(Cl)c3)n([C@H]3CC[C@@H](C)CC3)c2n1. The van der Waals surface area contributed by atoms with Gasteiger partial charge in [0.05, 0.1) is 6.20 Å². The zero-order valence-corrected chi connectivity index (χ0v) is 19.3. The van der Waals surface area contributed by atoms with Gasteiger partial charge < -0.3 is 10.6 Å². The Hall–Kier alpha value is -2.05. The molecule has 6 nitrogen and oxygen atoms in total. The number of hydrogen-bond donors (Lipinski definition) is 2. The molecule has 2 aromatic heterocycles. The number of imidazole rings is 1. The maximum absolute atomic E-state index is 6.20. The second kappa shape index (κ2) is 8.23. The third-order valence-corrected chi connectivity index (χ3v) is 5.83. The highest BCUT2D eigenvalue weighted by atomic mass is 35.5. The number of halogens is 2. The first-order valence-corrected chi connectivity index (χ1v) is 11.2. The van der Waals surface area contributed by atoms with Crippen LogP contribution in [-0.2, 0) is 0 Å². The van der Waals surface area contributed by atoms with Gasteiger partial charge in [0.15, 0.2) is 5.65 Å². The fourth-order valence-corrected chi connectivity index (χ4v) is 4.50. The zero-order valence-electron chi connectivity index (χ0n) is 17.8. The summed E-state index contributed by atoms with van der Waals surface area (Å²) in [5.74, 6) is 2.11. The van der Waals surface area contributed by atoms with Gasteiger partial charge in [-0.2, -0.15) is 4.98 Å². The number of rotatable bonds is 4. The molecule has 4 rings (SSSR count). The Morgan fingerprint density at radius 3 is 2.30 bits per heavy atom. The van der Waals surface area contributed by atoms with E-state index in [9.17, 15) is 0 Å². The molecule has 2 heterocycles. The summed E-state index contributed by atoms with van der Waals surface area (Å²) in [6.45, 7) is 8.60. The van der Waals surface area contributed by atoms with Crippen LogP contribution in [0, 0.1) is 5.92 Å². The van der Waals surface area contributed by atoms with Gasteiger partial charge in [-0.25, -0.2) is 9.97 Å². The van der Waals surface area contributed by atoms with Crippen LogP contribution in [0.15, 0.2) is 24.4 Å². The molecule has 0 radical (unpaired) electrons. The first-order chi connectivity index (χ1) is 14.2. The lowest BCUT2D eigenvalue weighted by Gasteiger charge is -2.28. The fraction of sp³-hybridized carbons (Fsp3) is 0.500. The number of anilines is 3. The van der Waals surface area contributed by atoms with Crippen molar-refractivity contribution >= 4 is 51.9 Å². The van der Waals surface area contributed by atoms with Crippen molar-refractivity contribution in [3.63, 3.8) is 0 Å². The Morgan fingerprint density at radius 2 is 1.67 bits per heavy atom. The van der Waals surface area contributed by atoms with Gasteiger partial charge in [-0.1, -0.05) is 30.1 Å². The molecule has 1 aliphatic carbocycles. The third kappa shape index (κ3) is 4.81. The smallest absolute Gasteiger partial charge is 0.225 e. The van der Waals surface area contributed by atoms with Crippen LogP contribution in [0.2, 0.25) is 10.0 Å². The second-order valence-electron chi connectivity index (χ2n) is 9.28. The van der Waals surface area contributed by atoms with Gasteiger partial charge in [0.25, 0.3) is 0 Å². The van der Waals surface area contributed by atoms with Crippen LogP contribution in [0.4, 0.5) is 17.6 Å². The summed E-state index contributed by atoms with van der Waals surface area (Å²) in [5, 5.41) is 7.94. The van der Waals surface area contributed by atoms with E-state index in [-0.39, 0.29) is 5.54 Å². The standard InChI is InChI=1S/C22H28Cl2N6/c1-13-5-7-17(8-6-13)30-19-18(12-25-20(28-19)29-22(2,3)4)27-21(30)26-16-10-14(23)9-15(24)11-16/h9-13,17H,5-8H2,1-4H3,(H,26,27)(H,25,28,29)/t13-,17+. The summed E-state index contributed by atoms with van der Waals surface area (Å²) in [4.78, 5) is 14.1. The predicted molar refractivity (Wildman–Crippen MR) is 125 cm³/mol. The van der Waals surface area contributed by atoms with E-state index in [4.69, 9.17) is 33.2 Å². The fourth-order valence-electron chi connectivity index (χ4n) is 3.98. The molecule has 0 bridgehead atoms. The zero-order chi connectivity index (χ0) is 21.5. The van der Waals surface area contributed by atoms with Crippen molar-refractivity contribution in [3.05, 3.63) is 34.4 Å². The largest absolute Gasteiger partial charge is 0.350 e. The highest BCUT2D eigenvalue weighted by Crippen LogP contribution is 2.37. The summed E-state index contributed by atoms with van der Waals surface area (Å²) in [7, 11) is 0. The Morgan fingerprint density at radius 1 is 1.00 bits per heavy atom. The maximum atomic E-state index is 6.20. The molecule has 0 aliphatic heterocycles. The number of hydrogen-bond acceptors (Lipinski definition) is 5. The monoisotopic (exact) mass is 446 g/mol. The van der Waals surface area contributed by atoms with E-state index < -0.39 is 0 Å². The minimum Gasteiger partial charge on any atom is -0.350 e. The number of nitrogens with zero attached hydrogens (tertiary/aromatic N) is 4. The van der Waals surface area contributed by atoms with Gasteiger partial charge in [-0.05, 0) is 70.6 Å². The molecule has 3 aromatic rings. The topological polar surface area (TPSA) is 67.7 Å². The molecular weight excluding hydrogens is 419 g/mol. The third-order valence-electron chi connectivity index (χ3n) is 5.39. The number of fused-ring (bicyclic) bond motifs is 1. The molecule has 160 valence electrons. The van der Waals surface area contributed by atoms with Gasteiger partial charge >= 0.3 is 0 Å². The first-order valence-electron chi connectivity index (χ1n) is 10.4. The van der Waals surface area contributed by atoms with Crippen molar-refractivity contribution in [2.45, 2.75) is 65.0 Å². The first kappa shape index (κ1) is 21.2. The van der Waals surface area contributed by atoms with Crippen molar-refractivity contribution in [1.82, 2.24) is 19.5 Å². The highest BCUT2D eigenvalue weighted by molar-refractivity contribution is 6.35. The average Bonchev–Trinajstić information content (AvgIpc) is 2.97. The molecule has 0 saturated heterocycles. The summed E-state index contributed by atoms with van der Waals surface area (Å²) in [5.41, 5.74) is 2.28. The summed E-state index contributed by atoms with van der Waals surface area (Å²) >= 11 is 12.4. The molecule has 0 unspecified atom stereocenters. The lowest BCUT2D eigenvalue weighted by atomic mass is 9.87. The van der Waals surface area contributed by atoms with Gasteiger partial charge in [-0.3, -0.25) is 4.57 Å². The molecule has 1 aliphatic rings. The Labute approximate surface area is 187 Å². The molecule has 1 aromatic carbocycles. The molecule has 30 heavy (non-hydrogen) atoms. The molecule has 2 N–H and O–H groups in total. The molecule has 8 heteroatoms. The minimum absolute atomic E-state index is 0.128. The van der Waals surface area contributed by atoms with Gasteiger partial charge in [0, 0.05) is 27.3 Å². The van der Waals surface area contributed by atoms with Crippen molar-refractivity contribution in [1.29, 1.82) is 0 Å². The van der Waals surface area contributed by atoms with Crippen molar-refractivity contribution < 1.29 is 0 Å². The van der Waals surface area contributed by atoms with Crippen LogP contribution in [0.3, 0.4) is 0 Å². The summed E-state index contributed by atoms with van der Waals surface area (Å²) < 4.78 is 2.23. The van der Waals surface area contributed by atoms with Crippen LogP contribution >= 0.6 is 23.2 Å².